The number of fused-ring (bicyclic) bond motifs is 12. The average molecular weight is 2510 g/mol. The van der Waals surface area contributed by atoms with Gasteiger partial charge >= 0.3 is 0 Å². The van der Waals surface area contributed by atoms with Gasteiger partial charge in [0.15, 0.2) is 0 Å². The molecule has 688 valence electrons. The average Bonchev–Trinajstić information content (AvgIpc) is 1.61. The third kappa shape index (κ3) is 25.2. The van der Waals surface area contributed by atoms with Gasteiger partial charge in [-0.3, -0.25) is 4.98 Å². The van der Waals surface area contributed by atoms with Crippen molar-refractivity contribution in [3.8, 4) is 90.1 Å². The molecule has 0 aliphatic carbocycles. The molecule has 0 N–H and O–H groups in total. The Hall–Kier alpha value is -14.6. The van der Waals surface area contributed by atoms with Gasteiger partial charge in [0.05, 0.1) is 27.8 Å². The van der Waals surface area contributed by atoms with E-state index in [9.17, 15) is 0 Å². The Kier molecular flexibility index (Phi) is 36.3. The standard InChI is InChI=1S/2C19H15N2O.C18H13N2O.C16H9N2O.2C12H10N.2C11H8N.4Ir/c2*1-12(2)13-8-10-20-17(11-13)16-6-3-5-14-15-7-4-9-21-19(15)22-18(14)16;1-2-12-8-10-19-15(11-12)13-5-3-6-14-17-16(21-18(13)14)7-4-9-20-17;1-2-8-17-14(5-1)11-6-7-15-13(10-11)12-4-3-9-18-16(12)19-15;1-10-7-8-13-12(9-10)11-5-3-2-4-6-11;1-10-7-8-12(13-9-10)11-5-3-2-4-6-11;2*1-2-6-10(7-3-1)11-8-4-5-9-12-11;;;;/h2*3-5,7-12H,1-2H3;3-4,6-11H,2H2,1H3;1-5,7-10H;2*2-5,7-9H,1H3;2*1-6,8-9H;;;;/q8*-1;;;;. The van der Waals surface area contributed by atoms with Crippen LogP contribution >= 0.6 is 0 Å². The van der Waals surface area contributed by atoms with Crippen LogP contribution in [0.1, 0.15) is 74.3 Å². The quantitative estimate of drug-likeness (QED) is 0.110. The van der Waals surface area contributed by atoms with E-state index in [1.165, 1.54) is 27.8 Å². The van der Waals surface area contributed by atoms with Crippen LogP contribution in [0, 0.1) is 62.4 Å². The van der Waals surface area contributed by atoms with E-state index in [1.54, 1.807) is 43.4 Å². The van der Waals surface area contributed by atoms with Crippen molar-refractivity contribution in [3.05, 3.63) is 460 Å². The van der Waals surface area contributed by atoms with Crippen molar-refractivity contribution in [2.24, 2.45) is 0 Å². The van der Waals surface area contributed by atoms with Crippen molar-refractivity contribution < 1.29 is 98.1 Å². The second kappa shape index (κ2) is 49.7. The summed E-state index contributed by atoms with van der Waals surface area (Å²) >= 11 is 0. The molecule has 0 spiro atoms. The smallest absolute Gasteiger partial charge is 0.216 e. The topological polar surface area (TPSA) is 207 Å². The van der Waals surface area contributed by atoms with E-state index in [0.29, 0.717) is 29.0 Å². The fourth-order valence-electron chi connectivity index (χ4n) is 14.8. The first-order valence-corrected chi connectivity index (χ1v) is 44.0. The summed E-state index contributed by atoms with van der Waals surface area (Å²) in [6, 6.07) is 126. The normalized spacial score (nSPS) is 10.5. The van der Waals surface area contributed by atoms with Crippen LogP contribution in [0.2, 0.25) is 0 Å². The van der Waals surface area contributed by atoms with Crippen molar-refractivity contribution >= 4 is 88.3 Å². The summed E-state index contributed by atoms with van der Waals surface area (Å²) in [5.74, 6) is 0.914. The van der Waals surface area contributed by atoms with Crippen LogP contribution < -0.4 is 0 Å². The Morgan fingerprint density at radius 1 is 0.254 bits per heavy atom. The molecule has 0 fully saturated rings. The van der Waals surface area contributed by atoms with Crippen molar-refractivity contribution in [3.63, 3.8) is 0 Å². The number of hydrogen-bond donors (Lipinski definition) is 0. The molecule has 138 heavy (non-hydrogen) atoms. The number of benzene rings is 8. The summed E-state index contributed by atoms with van der Waals surface area (Å²) in [5, 5.41) is 7.21. The van der Waals surface area contributed by atoms with Crippen LogP contribution in [0.25, 0.3) is 178 Å². The minimum atomic E-state index is 0. The minimum absolute atomic E-state index is 0. The Balaban J connectivity index is 0.000000134. The molecule has 0 amide bonds. The zero-order valence-electron chi connectivity index (χ0n) is 76.1. The summed E-state index contributed by atoms with van der Waals surface area (Å²) in [5.41, 5.74) is 28.2. The summed E-state index contributed by atoms with van der Waals surface area (Å²) in [7, 11) is 0. The number of furan rings is 4. The van der Waals surface area contributed by atoms with Crippen LogP contribution in [-0.2, 0) is 86.8 Å². The predicted molar refractivity (Wildman–Crippen MR) is 535 cm³/mol. The molecule has 0 saturated heterocycles. The van der Waals surface area contributed by atoms with Gasteiger partial charge in [0, 0.05) is 171 Å². The molecule has 0 aliphatic heterocycles. The van der Waals surface area contributed by atoms with Gasteiger partial charge in [0.25, 0.3) is 0 Å². The van der Waals surface area contributed by atoms with E-state index >= 15 is 0 Å². The Morgan fingerprint density at radius 2 is 0.652 bits per heavy atom. The number of rotatable bonds is 11. The first kappa shape index (κ1) is 101. The Bertz CT molecular complexity index is 7650. The number of aromatic nitrogens is 12. The van der Waals surface area contributed by atoms with Crippen LogP contribution in [0.4, 0.5) is 0 Å². The summed E-state index contributed by atoms with van der Waals surface area (Å²) in [4.78, 5) is 52.1. The second-order valence-electron chi connectivity index (χ2n) is 31.6. The molecule has 16 nitrogen and oxygen atoms in total. The number of aryl methyl sites for hydroxylation is 3. The van der Waals surface area contributed by atoms with Gasteiger partial charge in [-0.05, 0) is 180 Å². The summed E-state index contributed by atoms with van der Waals surface area (Å²) in [6.07, 6.45) is 22.6. The van der Waals surface area contributed by atoms with Gasteiger partial charge in [0.1, 0.15) is 5.58 Å². The third-order valence-corrected chi connectivity index (χ3v) is 21.7. The molecule has 0 bridgehead atoms. The fourth-order valence-corrected chi connectivity index (χ4v) is 14.8. The van der Waals surface area contributed by atoms with E-state index in [4.69, 9.17) is 17.7 Å². The second-order valence-corrected chi connectivity index (χ2v) is 31.6. The third-order valence-electron chi connectivity index (χ3n) is 21.7. The van der Waals surface area contributed by atoms with E-state index in [-0.39, 0.29) is 80.4 Å². The Morgan fingerprint density at radius 3 is 1.10 bits per heavy atom. The molecular weight excluding hydrogens is 2420 g/mol. The first-order valence-electron chi connectivity index (χ1n) is 44.0. The van der Waals surface area contributed by atoms with Crippen molar-refractivity contribution in [1.29, 1.82) is 0 Å². The van der Waals surface area contributed by atoms with Crippen LogP contribution in [0.3, 0.4) is 0 Å². The maximum atomic E-state index is 5.98. The van der Waals surface area contributed by atoms with E-state index < -0.39 is 0 Å². The van der Waals surface area contributed by atoms with Gasteiger partial charge in [-0.25, -0.2) is 15.0 Å². The van der Waals surface area contributed by atoms with Crippen molar-refractivity contribution in [2.45, 2.75) is 66.7 Å². The molecule has 16 aromatic heterocycles. The van der Waals surface area contributed by atoms with E-state index in [1.807, 2.05) is 305 Å². The molecular formula is C118H88Ir4N12O4-8. The maximum absolute atomic E-state index is 5.98. The maximum Gasteiger partial charge on any atom is 0.216 e. The van der Waals surface area contributed by atoms with Crippen molar-refractivity contribution in [2.75, 3.05) is 0 Å². The van der Waals surface area contributed by atoms with E-state index in [2.05, 4.69) is 192 Å². The molecule has 0 aliphatic rings. The molecule has 16 heterocycles. The molecule has 24 rings (SSSR count). The fraction of sp³-hybridized carbons (Fsp3) is 0.0847. The number of hydrogen-bond acceptors (Lipinski definition) is 16. The number of nitrogens with zero attached hydrogens (tertiary/aromatic N) is 12. The zero-order valence-corrected chi connectivity index (χ0v) is 85.6. The predicted octanol–water partition coefficient (Wildman–Crippen LogP) is 29.0. The molecule has 24 aromatic rings. The summed E-state index contributed by atoms with van der Waals surface area (Å²) < 4.78 is 23.6. The van der Waals surface area contributed by atoms with Gasteiger partial charge in [-0.15, -0.1) is 222 Å². The van der Waals surface area contributed by atoms with Crippen LogP contribution in [-0.4, -0.2) is 59.8 Å². The van der Waals surface area contributed by atoms with Gasteiger partial charge in [-0.1, -0.05) is 163 Å². The summed E-state index contributed by atoms with van der Waals surface area (Å²) in [6.45, 7) is 14.9. The monoisotopic (exact) mass is 2510 g/mol. The molecule has 4 radical (unpaired) electrons. The minimum Gasteiger partial charge on any atom is -0.499 e. The molecule has 8 aromatic carbocycles. The largest absolute Gasteiger partial charge is 0.499 e. The van der Waals surface area contributed by atoms with Crippen molar-refractivity contribution in [1.82, 2.24) is 59.8 Å². The van der Waals surface area contributed by atoms with E-state index in [0.717, 1.165) is 168 Å². The molecule has 20 heteroatoms. The van der Waals surface area contributed by atoms with Gasteiger partial charge in [-0.2, -0.15) is 0 Å². The number of pyridine rings is 12. The molecule has 0 saturated carbocycles. The van der Waals surface area contributed by atoms with Gasteiger partial charge < -0.3 is 57.5 Å². The Labute approximate surface area is 855 Å². The zero-order chi connectivity index (χ0) is 91.7. The van der Waals surface area contributed by atoms with Crippen LogP contribution in [0.5, 0.6) is 0 Å². The SMILES string of the molecule is CC(C)c1ccnc(-c2[c-]ccc3c2oc2ncccc23)c1.CC(C)c1ccnc(-c2[c-]ccc3c2oc2ncccc23)c1.CCc1ccnc(-c2[c-]ccc3c2oc2cccnc23)c1.Cc1ccc(-c2[c-]cccc2)nc1.Cc1ccnc(-c2[c-]cccc2)c1.[Ir].[Ir].[Ir].[Ir].[c-]1cc2oc3ncccc3c2cc1-c1ccccn1.[c-]1ccccc1-c1ccccn1.[c-]1ccccc1-c1ccccn1. The first-order chi connectivity index (χ1) is 65.9. The van der Waals surface area contributed by atoms with Crippen LogP contribution in [0.15, 0.2) is 401 Å². The molecule has 0 unspecified atom stereocenters. The molecule has 0 atom stereocenters. The van der Waals surface area contributed by atoms with Gasteiger partial charge in [0.2, 0.25) is 17.1 Å².